The third-order valence-electron chi connectivity index (χ3n) is 2.70. The third-order valence-corrected chi connectivity index (χ3v) is 3.91. The summed E-state index contributed by atoms with van der Waals surface area (Å²) in [5.74, 6) is 0.805. The smallest absolute Gasteiger partial charge is 0.253 e. The SMILES string of the molecule is Cc1occc1Sc1cc(C(=O)N(C)C)ccc1N. The molecule has 0 spiro atoms. The van der Waals surface area contributed by atoms with Crippen molar-refractivity contribution in [2.45, 2.75) is 16.7 Å². The molecule has 0 unspecified atom stereocenters. The summed E-state index contributed by atoms with van der Waals surface area (Å²) in [6.45, 7) is 1.90. The highest BCUT2D eigenvalue weighted by atomic mass is 32.2. The molecule has 1 aromatic carbocycles. The van der Waals surface area contributed by atoms with Crippen LogP contribution in [0.15, 0.2) is 44.7 Å². The standard InChI is InChI=1S/C14H16N2O2S/c1-9-12(6-7-18-9)19-13-8-10(4-5-11(13)15)14(17)16(2)3/h4-8H,15H2,1-3H3. The first kappa shape index (κ1) is 13.5. The van der Waals surface area contributed by atoms with Gasteiger partial charge in [0, 0.05) is 30.2 Å². The zero-order valence-corrected chi connectivity index (χ0v) is 12.0. The van der Waals surface area contributed by atoms with Gasteiger partial charge in [-0.2, -0.15) is 0 Å². The molecule has 4 nitrogen and oxygen atoms in total. The van der Waals surface area contributed by atoms with Crippen molar-refractivity contribution in [3.05, 3.63) is 41.9 Å². The molecule has 0 radical (unpaired) electrons. The van der Waals surface area contributed by atoms with Crippen LogP contribution in [0.25, 0.3) is 0 Å². The number of nitrogens with zero attached hydrogens (tertiary/aromatic N) is 1. The molecule has 1 aromatic heterocycles. The molecular weight excluding hydrogens is 260 g/mol. The van der Waals surface area contributed by atoms with Gasteiger partial charge in [-0.1, -0.05) is 11.8 Å². The monoisotopic (exact) mass is 276 g/mol. The maximum Gasteiger partial charge on any atom is 0.253 e. The predicted molar refractivity (Wildman–Crippen MR) is 76.4 cm³/mol. The van der Waals surface area contributed by atoms with Gasteiger partial charge in [-0.25, -0.2) is 0 Å². The van der Waals surface area contributed by atoms with E-state index in [-0.39, 0.29) is 5.91 Å². The van der Waals surface area contributed by atoms with E-state index in [4.69, 9.17) is 10.2 Å². The van der Waals surface area contributed by atoms with Gasteiger partial charge in [0.1, 0.15) is 5.76 Å². The molecule has 2 N–H and O–H groups in total. The van der Waals surface area contributed by atoms with Gasteiger partial charge in [0.15, 0.2) is 0 Å². The average Bonchev–Trinajstić information content (AvgIpc) is 2.77. The summed E-state index contributed by atoms with van der Waals surface area (Å²) in [5, 5.41) is 0. The summed E-state index contributed by atoms with van der Waals surface area (Å²) in [6.07, 6.45) is 1.64. The highest BCUT2D eigenvalue weighted by Gasteiger charge is 2.12. The minimum absolute atomic E-state index is 0.0363. The Balaban J connectivity index is 2.32. The van der Waals surface area contributed by atoms with Crippen LogP contribution in [0.2, 0.25) is 0 Å². The van der Waals surface area contributed by atoms with Crippen LogP contribution >= 0.6 is 11.8 Å². The fraction of sp³-hybridized carbons (Fsp3) is 0.214. The number of furan rings is 1. The number of rotatable bonds is 3. The van der Waals surface area contributed by atoms with Crippen molar-refractivity contribution in [2.75, 3.05) is 19.8 Å². The molecule has 19 heavy (non-hydrogen) atoms. The molecule has 2 aromatic rings. The van der Waals surface area contributed by atoms with Gasteiger partial charge in [-0.15, -0.1) is 0 Å². The van der Waals surface area contributed by atoms with Gasteiger partial charge in [-0.3, -0.25) is 4.79 Å². The first-order valence-electron chi connectivity index (χ1n) is 5.82. The summed E-state index contributed by atoms with van der Waals surface area (Å²) in [5.41, 5.74) is 7.24. The Morgan fingerprint density at radius 1 is 1.26 bits per heavy atom. The van der Waals surface area contributed by atoms with Crippen molar-refractivity contribution in [3.63, 3.8) is 0 Å². The zero-order valence-electron chi connectivity index (χ0n) is 11.1. The summed E-state index contributed by atoms with van der Waals surface area (Å²) in [6, 6.07) is 7.20. The summed E-state index contributed by atoms with van der Waals surface area (Å²) >= 11 is 1.50. The number of aryl methyl sites for hydroxylation is 1. The van der Waals surface area contributed by atoms with Crippen molar-refractivity contribution in [1.82, 2.24) is 4.90 Å². The van der Waals surface area contributed by atoms with Crippen molar-refractivity contribution in [2.24, 2.45) is 0 Å². The minimum atomic E-state index is -0.0363. The topological polar surface area (TPSA) is 59.5 Å². The summed E-state index contributed by atoms with van der Waals surface area (Å²) < 4.78 is 5.26. The lowest BCUT2D eigenvalue weighted by Crippen LogP contribution is -2.21. The van der Waals surface area contributed by atoms with Crippen LogP contribution in [0, 0.1) is 6.92 Å². The molecule has 0 bridgehead atoms. The molecule has 5 heteroatoms. The van der Waals surface area contributed by atoms with Crippen LogP contribution in [0.1, 0.15) is 16.1 Å². The fourth-order valence-electron chi connectivity index (χ4n) is 1.61. The van der Waals surface area contributed by atoms with E-state index in [0.29, 0.717) is 11.3 Å². The Kier molecular flexibility index (Phi) is 3.85. The molecule has 100 valence electrons. The highest BCUT2D eigenvalue weighted by Crippen LogP contribution is 2.35. The van der Waals surface area contributed by atoms with E-state index in [1.807, 2.05) is 19.1 Å². The van der Waals surface area contributed by atoms with Crippen molar-refractivity contribution in [1.29, 1.82) is 0 Å². The van der Waals surface area contributed by atoms with E-state index in [9.17, 15) is 4.79 Å². The van der Waals surface area contributed by atoms with Crippen LogP contribution in [0.4, 0.5) is 5.69 Å². The zero-order chi connectivity index (χ0) is 14.0. The second-order valence-corrected chi connectivity index (χ2v) is 5.48. The Bertz CT molecular complexity index is 605. The highest BCUT2D eigenvalue weighted by molar-refractivity contribution is 7.99. The van der Waals surface area contributed by atoms with E-state index < -0.39 is 0 Å². The van der Waals surface area contributed by atoms with E-state index in [1.54, 1.807) is 37.4 Å². The van der Waals surface area contributed by atoms with Crippen LogP contribution < -0.4 is 5.73 Å². The number of amides is 1. The maximum atomic E-state index is 11.9. The number of hydrogen-bond donors (Lipinski definition) is 1. The van der Waals surface area contributed by atoms with Crippen molar-refractivity contribution < 1.29 is 9.21 Å². The Hall–Kier alpha value is -1.88. The van der Waals surface area contributed by atoms with E-state index in [2.05, 4.69) is 0 Å². The molecule has 0 atom stereocenters. The number of carbonyl (C=O) groups excluding carboxylic acids is 1. The number of nitrogen functional groups attached to an aromatic ring is 1. The lowest BCUT2D eigenvalue weighted by atomic mass is 10.2. The molecular formula is C14H16N2O2S. The molecule has 0 fully saturated rings. The van der Waals surface area contributed by atoms with Gasteiger partial charge in [0.25, 0.3) is 5.91 Å². The van der Waals surface area contributed by atoms with Crippen molar-refractivity contribution in [3.8, 4) is 0 Å². The van der Waals surface area contributed by atoms with Gasteiger partial charge in [0.2, 0.25) is 0 Å². The number of anilines is 1. The Morgan fingerprint density at radius 3 is 2.58 bits per heavy atom. The van der Waals surface area contributed by atoms with Gasteiger partial charge < -0.3 is 15.1 Å². The van der Waals surface area contributed by atoms with Crippen LogP contribution in [0.3, 0.4) is 0 Å². The van der Waals surface area contributed by atoms with Gasteiger partial charge >= 0.3 is 0 Å². The van der Waals surface area contributed by atoms with Gasteiger partial charge in [0.05, 0.1) is 11.2 Å². The molecule has 0 aliphatic heterocycles. The van der Waals surface area contributed by atoms with Crippen LogP contribution in [-0.2, 0) is 0 Å². The molecule has 0 aliphatic carbocycles. The molecule has 1 heterocycles. The van der Waals surface area contributed by atoms with Crippen molar-refractivity contribution >= 4 is 23.4 Å². The first-order chi connectivity index (χ1) is 8.99. The fourth-order valence-corrected chi connectivity index (χ4v) is 2.54. The molecule has 2 rings (SSSR count). The second kappa shape index (κ2) is 5.40. The first-order valence-corrected chi connectivity index (χ1v) is 6.64. The molecule has 0 aliphatic rings. The second-order valence-electron chi connectivity index (χ2n) is 4.40. The lowest BCUT2D eigenvalue weighted by molar-refractivity contribution is 0.0827. The third kappa shape index (κ3) is 2.93. The van der Waals surface area contributed by atoms with Crippen LogP contribution in [-0.4, -0.2) is 24.9 Å². The molecule has 0 saturated carbocycles. The number of hydrogen-bond acceptors (Lipinski definition) is 4. The van der Waals surface area contributed by atoms with E-state index in [0.717, 1.165) is 15.6 Å². The molecule has 0 saturated heterocycles. The quantitative estimate of drug-likeness (QED) is 0.875. The normalized spacial score (nSPS) is 10.5. The van der Waals surface area contributed by atoms with E-state index in [1.165, 1.54) is 11.8 Å². The largest absolute Gasteiger partial charge is 0.468 e. The predicted octanol–water partition coefficient (Wildman–Crippen LogP) is 3.02. The number of nitrogens with two attached hydrogens (primary N) is 1. The molecule has 1 amide bonds. The number of benzene rings is 1. The minimum Gasteiger partial charge on any atom is -0.468 e. The lowest BCUT2D eigenvalue weighted by Gasteiger charge is -2.12. The van der Waals surface area contributed by atoms with Gasteiger partial charge in [-0.05, 0) is 31.2 Å². The van der Waals surface area contributed by atoms with Crippen LogP contribution in [0.5, 0.6) is 0 Å². The average molecular weight is 276 g/mol. The number of carbonyl (C=O) groups is 1. The Morgan fingerprint density at radius 2 is 2.00 bits per heavy atom. The van der Waals surface area contributed by atoms with E-state index >= 15 is 0 Å². The summed E-state index contributed by atoms with van der Waals surface area (Å²) in [4.78, 5) is 15.3. The Labute approximate surface area is 116 Å². The summed E-state index contributed by atoms with van der Waals surface area (Å²) in [7, 11) is 3.46. The maximum absolute atomic E-state index is 11.9.